The van der Waals surface area contributed by atoms with Crippen molar-refractivity contribution in [2.75, 3.05) is 20.8 Å². The smallest absolute Gasteiger partial charge is 0.247 e. The highest BCUT2D eigenvalue weighted by atomic mass is 16.5. The second-order valence-electron chi connectivity index (χ2n) is 10.3. The first-order valence-electron chi connectivity index (χ1n) is 12.9. The number of carbonyl (C=O) groups excluding carboxylic acids is 2. The van der Waals surface area contributed by atoms with Crippen LogP contribution in [0, 0.1) is 0 Å². The molecule has 9 nitrogen and oxygen atoms in total. The van der Waals surface area contributed by atoms with Crippen LogP contribution in [0.25, 0.3) is 11.0 Å². The molecule has 0 unspecified atom stereocenters. The SMILES string of the molecule is COc1ccc(OC)c([C@H](C(=O)NC(C)(C)C)N(CCc2ccccc2)C(=O)Cn2nnc3ccccc32)c1. The first-order chi connectivity index (χ1) is 18.7. The van der Waals surface area contributed by atoms with Crippen LogP contribution >= 0.6 is 0 Å². The minimum Gasteiger partial charge on any atom is -0.497 e. The molecule has 1 atom stereocenters. The number of ether oxygens (including phenoxy) is 2. The molecule has 0 bridgehead atoms. The molecule has 0 radical (unpaired) electrons. The summed E-state index contributed by atoms with van der Waals surface area (Å²) < 4.78 is 12.7. The van der Waals surface area contributed by atoms with E-state index in [1.807, 2.05) is 75.4 Å². The third-order valence-electron chi connectivity index (χ3n) is 6.30. The highest BCUT2D eigenvalue weighted by Gasteiger charge is 2.35. The fourth-order valence-corrected chi connectivity index (χ4v) is 4.49. The lowest BCUT2D eigenvalue weighted by atomic mass is 9.99. The summed E-state index contributed by atoms with van der Waals surface area (Å²) in [5.74, 6) is 0.435. The molecular weight excluding hydrogens is 494 g/mol. The quantitative estimate of drug-likeness (QED) is 0.331. The standard InChI is InChI=1S/C30H35N5O4/c1-30(2,3)31-29(37)28(23-19-22(38-4)15-16-26(23)39-5)34(18-17-21-11-7-6-8-12-21)27(36)20-35-25-14-10-9-13-24(25)32-33-35/h6-16,19,28H,17-18,20H2,1-5H3,(H,31,37)/t28-/m1/s1. The van der Waals surface area contributed by atoms with Crippen LogP contribution in [-0.2, 0) is 22.6 Å². The van der Waals surface area contributed by atoms with Crippen molar-refractivity contribution in [1.29, 1.82) is 0 Å². The lowest BCUT2D eigenvalue weighted by Gasteiger charge is -2.34. The van der Waals surface area contributed by atoms with E-state index in [9.17, 15) is 9.59 Å². The third kappa shape index (κ3) is 6.73. The predicted octanol–water partition coefficient (Wildman–Crippen LogP) is 4.18. The van der Waals surface area contributed by atoms with Gasteiger partial charge in [0.1, 0.15) is 29.6 Å². The number of hydrogen-bond donors (Lipinski definition) is 1. The molecule has 0 aliphatic carbocycles. The van der Waals surface area contributed by atoms with E-state index in [4.69, 9.17) is 9.47 Å². The van der Waals surface area contributed by atoms with Gasteiger partial charge in [0.2, 0.25) is 11.8 Å². The Morgan fingerprint density at radius 2 is 1.69 bits per heavy atom. The number of methoxy groups -OCH3 is 2. The molecular formula is C30H35N5O4. The third-order valence-corrected chi connectivity index (χ3v) is 6.30. The molecule has 9 heteroatoms. The van der Waals surface area contributed by atoms with Gasteiger partial charge in [-0.1, -0.05) is 47.7 Å². The van der Waals surface area contributed by atoms with E-state index >= 15 is 0 Å². The number of hydrogen-bond acceptors (Lipinski definition) is 6. The van der Waals surface area contributed by atoms with E-state index in [2.05, 4.69) is 15.6 Å². The van der Waals surface area contributed by atoms with Gasteiger partial charge in [-0.25, -0.2) is 4.68 Å². The van der Waals surface area contributed by atoms with E-state index in [0.29, 0.717) is 29.0 Å². The molecule has 3 aromatic carbocycles. The molecule has 1 aromatic heterocycles. The topological polar surface area (TPSA) is 98.6 Å². The van der Waals surface area contributed by atoms with Gasteiger partial charge >= 0.3 is 0 Å². The summed E-state index contributed by atoms with van der Waals surface area (Å²) in [6.07, 6.45) is 0.552. The molecule has 39 heavy (non-hydrogen) atoms. The summed E-state index contributed by atoms with van der Waals surface area (Å²) in [7, 11) is 3.10. The fourth-order valence-electron chi connectivity index (χ4n) is 4.49. The van der Waals surface area contributed by atoms with Crippen LogP contribution < -0.4 is 14.8 Å². The zero-order valence-electron chi connectivity index (χ0n) is 23.0. The number of nitrogens with one attached hydrogen (secondary N) is 1. The van der Waals surface area contributed by atoms with E-state index in [1.54, 1.807) is 42.0 Å². The summed E-state index contributed by atoms with van der Waals surface area (Å²) in [6, 6.07) is 21.6. The van der Waals surface area contributed by atoms with Crippen molar-refractivity contribution in [2.45, 2.75) is 45.3 Å². The maximum Gasteiger partial charge on any atom is 0.247 e. The highest BCUT2D eigenvalue weighted by molar-refractivity contribution is 5.90. The van der Waals surface area contributed by atoms with Crippen LogP contribution in [0.15, 0.2) is 72.8 Å². The molecule has 4 rings (SSSR count). The fraction of sp³-hybridized carbons (Fsp3) is 0.333. The molecule has 0 spiro atoms. The number of amides is 2. The molecule has 1 heterocycles. The van der Waals surface area contributed by atoms with Crippen LogP contribution in [0.5, 0.6) is 11.5 Å². The first kappa shape index (κ1) is 27.6. The Balaban J connectivity index is 1.79. The molecule has 2 amide bonds. The Labute approximate surface area is 228 Å². The van der Waals surface area contributed by atoms with Crippen molar-refractivity contribution in [2.24, 2.45) is 0 Å². The van der Waals surface area contributed by atoms with Crippen LogP contribution in [0.1, 0.15) is 37.9 Å². The molecule has 0 aliphatic rings. The zero-order valence-corrected chi connectivity index (χ0v) is 23.0. The van der Waals surface area contributed by atoms with Gasteiger partial charge in [0.05, 0.1) is 19.7 Å². The number of nitrogens with zero attached hydrogens (tertiary/aromatic N) is 4. The van der Waals surface area contributed by atoms with Gasteiger partial charge in [0.25, 0.3) is 0 Å². The predicted molar refractivity (Wildman–Crippen MR) is 150 cm³/mol. The summed E-state index contributed by atoms with van der Waals surface area (Å²) >= 11 is 0. The van der Waals surface area contributed by atoms with Crippen LogP contribution in [0.2, 0.25) is 0 Å². The van der Waals surface area contributed by atoms with Crippen molar-refractivity contribution in [3.8, 4) is 11.5 Å². The average Bonchev–Trinajstić information content (AvgIpc) is 3.32. The Kier molecular flexibility index (Phi) is 8.49. The van der Waals surface area contributed by atoms with Crippen LogP contribution in [-0.4, -0.2) is 58.0 Å². The largest absolute Gasteiger partial charge is 0.497 e. The first-order valence-corrected chi connectivity index (χ1v) is 12.9. The summed E-state index contributed by atoms with van der Waals surface area (Å²) in [6.45, 7) is 5.92. The Morgan fingerprint density at radius 3 is 2.38 bits per heavy atom. The molecule has 4 aromatic rings. The maximum atomic E-state index is 14.1. The zero-order chi connectivity index (χ0) is 28.0. The molecule has 0 fully saturated rings. The van der Waals surface area contributed by atoms with Crippen molar-refractivity contribution in [3.05, 3.63) is 83.9 Å². The summed E-state index contributed by atoms with van der Waals surface area (Å²) in [5.41, 5.74) is 2.48. The van der Waals surface area contributed by atoms with Crippen LogP contribution in [0.3, 0.4) is 0 Å². The molecule has 0 aliphatic heterocycles. The highest BCUT2D eigenvalue weighted by Crippen LogP contribution is 2.34. The van der Waals surface area contributed by atoms with Gasteiger partial charge in [-0.05, 0) is 63.1 Å². The van der Waals surface area contributed by atoms with Crippen molar-refractivity contribution in [3.63, 3.8) is 0 Å². The molecule has 0 saturated carbocycles. The minimum atomic E-state index is -0.986. The Bertz CT molecular complexity index is 1430. The number of benzene rings is 3. The molecule has 1 N–H and O–H groups in total. The Morgan fingerprint density at radius 1 is 0.974 bits per heavy atom. The second-order valence-corrected chi connectivity index (χ2v) is 10.3. The molecule has 0 saturated heterocycles. The van der Waals surface area contributed by atoms with Gasteiger partial charge < -0.3 is 19.7 Å². The maximum absolute atomic E-state index is 14.1. The number of rotatable bonds is 10. The van der Waals surface area contributed by atoms with Gasteiger partial charge in [-0.3, -0.25) is 9.59 Å². The van der Waals surface area contributed by atoms with Gasteiger partial charge in [0.15, 0.2) is 0 Å². The van der Waals surface area contributed by atoms with Crippen LogP contribution in [0.4, 0.5) is 0 Å². The lowest BCUT2D eigenvalue weighted by Crippen LogP contribution is -2.50. The number of aromatic nitrogens is 3. The van der Waals surface area contributed by atoms with E-state index in [1.165, 1.54) is 0 Å². The monoisotopic (exact) mass is 529 g/mol. The number of para-hydroxylation sites is 1. The summed E-state index contributed by atoms with van der Waals surface area (Å²) in [5, 5.41) is 11.5. The number of fused-ring (bicyclic) bond motifs is 1. The molecule has 204 valence electrons. The lowest BCUT2D eigenvalue weighted by molar-refractivity contribution is -0.142. The van der Waals surface area contributed by atoms with Crippen molar-refractivity contribution >= 4 is 22.8 Å². The minimum absolute atomic E-state index is 0.0825. The van der Waals surface area contributed by atoms with Gasteiger partial charge in [-0.15, -0.1) is 5.10 Å². The second kappa shape index (κ2) is 12.0. The van der Waals surface area contributed by atoms with E-state index in [-0.39, 0.29) is 24.9 Å². The van der Waals surface area contributed by atoms with E-state index < -0.39 is 11.6 Å². The summed E-state index contributed by atoms with van der Waals surface area (Å²) in [4.78, 5) is 29.7. The number of carbonyl (C=O) groups is 2. The van der Waals surface area contributed by atoms with Gasteiger partial charge in [0, 0.05) is 17.6 Å². The van der Waals surface area contributed by atoms with Gasteiger partial charge in [-0.2, -0.15) is 0 Å². The normalized spacial score (nSPS) is 12.1. The van der Waals surface area contributed by atoms with E-state index in [0.717, 1.165) is 11.1 Å². The average molecular weight is 530 g/mol. The van der Waals surface area contributed by atoms with Crippen molar-refractivity contribution < 1.29 is 19.1 Å². The Hall–Kier alpha value is -4.40. The van der Waals surface area contributed by atoms with Crippen molar-refractivity contribution in [1.82, 2.24) is 25.2 Å².